The summed E-state index contributed by atoms with van der Waals surface area (Å²) in [5, 5.41) is 15.6. The summed E-state index contributed by atoms with van der Waals surface area (Å²) in [4.78, 5) is 38.2. The predicted octanol–water partition coefficient (Wildman–Crippen LogP) is 4.94. The molecule has 0 radical (unpaired) electrons. The van der Waals surface area contributed by atoms with Crippen LogP contribution in [0, 0.1) is 35.4 Å². The standard InChI is InChI=1S/C30H43FN2O6/c1-5-17(6-2)16(3)32-29(35)26-19-7-8-20(13-19)27(26)33-28(34)22-14-25(23(31)15-24(22)38-4)39-21-11-9-18(10-12-21)30(36)37/h14-21,26-27H,5-13H2,1-4H3,(H,32,35)(H,33,34)(H,36,37)/t16-,18?,19-,20+,21?,26+,27-/m1/s1. The van der Waals surface area contributed by atoms with E-state index in [-0.39, 0.29) is 58.9 Å². The maximum atomic E-state index is 14.9. The van der Waals surface area contributed by atoms with Crippen LogP contribution in [0.4, 0.5) is 4.39 Å². The Morgan fingerprint density at radius 1 is 1.03 bits per heavy atom. The fraction of sp³-hybridized carbons (Fsp3) is 0.700. The molecule has 39 heavy (non-hydrogen) atoms. The van der Waals surface area contributed by atoms with Crippen molar-refractivity contribution in [1.82, 2.24) is 10.6 Å². The first-order valence-electron chi connectivity index (χ1n) is 14.5. The number of hydrogen-bond acceptors (Lipinski definition) is 5. The van der Waals surface area contributed by atoms with Crippen LogP contribution in [0.3, 0.4) is 0 Å². The number of methoxy groups -OCH3 is 1. The second kappa shape index (κ2) is 12.6. The van der Waals surface area contributed by atoms with Crippen molar-refractivity contribution in [2.45, 2.75) is 96.7 Å². The summed E-state index contributed by atoms with van der Waals surface area (Å²) in [6, 6.07) is 2.28. The fourth-order valence-electron chi connectivity index (χ4n) is 7.12. The van der Waals surface area contributed by atoms with E-state index in [1.165, 1.54) is 13.2 Å². The highest BCUT2D eigenvalue weighted by Crippen LogP contribution is 2.49. The van der Waals surface area contributed by atoms with Gasteiger partial charge >= 0.3 is 5.97 Å². The number of carboxylic acids is 1. The Bertz CT molecular complexity index is 1050. The maximum absolute atomic E-state index is 14.9. The molecule has 1 aromatic rings. The minimum absolute atomic E-state index is 0.000966. The Labute approximate surface area is 230 Å². The Kier molecular flexibility index (Phi) is 9.39. The molecule has 0 heterocycles. The molecule has 5 atom stereocenters. The number of halogens is 1. The number of carbonyl (C=O) groups excluding carboxylic acids is 2. The lowest BCUT2D eigenvalue weighted by atomic mass is 9.83. The van der Waals surface area contributed by atoms with E-state index in [0.717, 1.165) is 38.2 Å². The monoisotopic (exact) mass is 546 g/mol. The van der Waals surface area contributed by atoms with E-state index in [4.69, 9.17) is 9.47 Å². The molecule has 0 unspecified atom stereocenters. The molecule has 2 amide bonds. The Hall–Kier alpha value is -2.84. The molecule has 3 aliphatic carbocycles. The molecule has 216 valence electrons. The lowest BCUT2D eigenvalue weighted by Gasteiger charge is -2.33. The van der Waals surface area contributed by atoms with Crippen molar-refractivity contribution in [3.8, 4) is 11.5 Å². The third-order valence-electron chi connectivity index (χ3n) is 9.46. The Morgan fingerprint density at radius 2 is 1.69 bits per heavy atom. The summed E-state index contributed by atoms with van der Waals surface area (Å²) in [7, 11) is 1.38. The van der Waals surface area contributed by atoms with Crippen molar-refractivity contribution in [1.29, 1.82) is 0 Å². The minimum atomic E-state index is -0.819. The summed E-state index contributed by atoms with van der Waals surface area (Å²) in [6.45, 7) is 6.31. The molecule has 3 N–H and O–H groups in total. The van der Waals surface area contributed by atoms with Crippen molar-refractivity contribution in [2.24, 2.45) is 29.6 Å². The molecule has 8 nitrogen and oxygen atoms in total. The average Bonchev–Trinajstić information content (AvgIpc) is 3.52. The second-order valence-corrected chi connectivity index (χ2v) is 11.6. The number of benzene rings is 1. The first kappa shape index (κ1) is 29.2. The highest BCUT2D eigenvalue weighted by Gasteiger charge is 2.51. The smallest absolute Gasteiger partial charge is 0.306 e. The molecule has 9 heteroatoms. The van der Waals surface area contributed by atoms with Gasteiger partial charge < -0.3 is 25.2 Å². The fourth-order valence-corrected chi connectivity index (χ4v) is 7.12. The molecule has 3 saturated carbocycles. The summed E-state index contributed by atoms with van der Waals surface area (Å²) in [6.07, 6.45) is 6.46. The van der Waals surface area contributed by atoms with Gasteiger partial charge in [0.15, 0.2) is 11.6 Å². The number of hydrogen-bond donors (Lipinski definition) is 3. The van der Waals surface area contributed by atoms with Crippen LogP contribution >= 0.6 is 0 Å². The summed E-state index contributed by atoms with van der Waals surface area (Å²) in [5.41, 5.74) is 0.153. The summed E-state index contributed by atoms with van der Waals surface area (Å²) in [5.74, 6) is -1.67. The van der Waals surface area contributed by atoms with Gasteiger partial charge in [-0.15, -0.1) is 0 Å². The SMILES string of the molecule is CCC(CC)[C@@H](C)NC(=O)[C@H]1[C@@H]2CC[C@@H](C2)[C@H]1NC(=O)c1cc(OC2CCC(C(=O)O)CC2)c(F)cc1OC. The van der Waals surface area contributed by atoms with E-state index in [1.807, 2.05) is 0 Å². The van der Waals surface area contributed by atoms with Crippen molar-refractivity contribution in [3.63, 3.8) is 0 Å². The van der Waals surface area contributed by atoms with Crippen LogP contribution in [0.5, 0.6) is 11.5 Å². The molecule has 3 aliphatic rings. The molecule has 1 aromatic carbocycles. The number of rotatable bonds is 11. The minimum Gasteiger partial charge on any atom is -0.496 e. The molecular formula is C30H43FN2O6. The number of aliphatic carboxylic acids is 1. The number of carbonyl (C=O) groups is 3. The number of amides is 2. The maximum Gasteiger partial charge on any atom is 0.306 e. The van der Waals surface area contributed by atoms with Gasteiger partial charge in [0.05, 0.1) is 30.6 Å². The molecule has 0 aliphatic heterocycles. The molecule has 2 bridgehead atoms. The predicted molar refractivity (Wildman–Crippen MR) is 144 cm³/mol. The highest BCUT2D eigenvalue weighted by atomic mass is 19.1. The van der Waals surface area contributed by atoms with Crippen molar-refractivity contribution in [2.75, 3.05) is 7.11 Å². The summed E-state index contributed by atoms with van der Waals surface area (Å²) >= 11 is 0. The van der Waals surface area contributed by atoms with E-state index in [2.05, 4.69) is 31.4 Å². The van der Waals surface area contributed by atoms with Crippen molar-refractivity contribution in [3.05, 3.63) is 23.5 Å². The normalized spacial score (nSPS) is 28.7. The molecule has 0 saturated heterocycles. The molecular weight excluding hydrogens is 503 g/mol. The van der Waals surface area contributed by atoms with Gasteiger partial charge in [0.2, 0.25) is 5.91 Å². The van der Waals surface area contributed by atoms with Gasteiger partial charge in [0.1, 0.15) is 5.75 Å². The van der Waals surface area contributed by atoms with Crippen LogP contribution in [-0.2, 0) is 9.59 Å². The quantitative estimate of drug-likeness (QED) is 0.362. The molecule has 4 rings (SSSR count). The zero-order valence-corrected chi connectivity index (χ0v) is 23.5. The third kappa shape index (κ3) is 6.33. The lowest BCUT2D eigenvalue weighted by Crippen LogP contribution is -2.52. The topological polar surface area (TPSA) is 114 Å². The highest BCUT2D eigenvalue weighted by molar-refractivity contribution is 5.98. The second-order valence-electron chi connectivity index (χ2n) is 11.6. The van der Waals surface area contributed by atoms with Gasteiger partial charge in [-0.3, -0.25) is 14.4 Å². The van der Waals surface area contributed by atoms with Crippen LogP contribution in [-0.4, -0.2) is 48.2 Å². The number of carboxylic acid groups (broad SMARTS) is 1. The van der Waals surface area contributed by atoms with Crippen LogP contribution < -0.4 is 20.1 Å². The first-order valence-corrected chi connectivity index (χ1v) is 14.5. The van der Waals surface area contributed by atoms with Crippen molar-refractivity contribution < 1.29 is 33.4 Å². The van der Waals surface area contributed by atoms with Gasteiger partial charge in [0.25, 0.3) is 5.91 Å². The largest absolute Gasteiger partial charge is 0.496 e. The first-order chi connectivity index (χ1) is 18.7. The van der Waals surface area contributed by atoms with Gasteiger partial charge in [0, 0.05) is 18.2 Å². The van der Waals surface area contributed by atoms with E-state index < -0.39 is 23.6 Å². The average molecular weight is 547 g/mol. The van der Waals surface area contributed by atoms with Crippen LogP contribution in [0.25, 0.3) is 0 Å². The van der Waals surface area contributed by atoms with Crippen LogP contribution in [0.1, 0.15) is 88.9 Å². The summed E-state index contributed by atoms with van der Waals surface area (Å²) < 4.78 is 26.1. The molecule has 3 fully saturated rings. The van der Waals surface area contributed by atoms with Gasteiger partial charge in [-0.2, -0.15) is 0 Å². The Morgan fingerprint density at radius 3 is 2.31 bits per heavy atom. The van der Waals surface area contributed by atoms with E-state index >= 15 is 0 Å². The van der Waals surface area contributed by atoms with E-state index in [9.17, 15) is 23.9 Å². The van der Waals surface area contributed by atoms with E-state index in [1.54, 1.807) is 0 Å². The zero-order valence-electron chi connectivity index (χ0n) is 23.5. The van der Waals surface area contributed by atoms with Crippen molar-refractivity contribution >= 4 is 17.8 Å². The Balaban J connectivity index is 1.48. The number of nitrogens with one attached hydrogen (secondary N) is 2. The molecule has 0 spiro atoms. The van der Waals surface area contributed by atoms with Crippen LogP contribution in [0.15, 0.2) is 12.1 Å². The molecule has 0 aromatic heterocycles. The zero-order chi connectivity index (χ0) is 28.3. The van der Waals surface area contributed by atoms with Gasteiger partial charge in [-0.05, 0) is 75.7 Å². The van der Waals surface area contributed by atoms with Gasteiger partial charge in [-0.25, -0.2) is 4.39 Å². The van der Waals surface area contributed by atoms with Crippen LogP contribution in [0.2, 0.25) is 0 Å². The third-order valence-corrected chi connectivity index (χ3v) is 9.46. The van der Waals surface area contributed by atoms with Gasteiger partial charge in [-0.1, -0.05) is 26.7 Å². The number of ether oxygens (including phenoxy) is 2. The van der Waals surface area contributed by atoms with E-state index in [0.29, 0.717) is 31.6 Å². The lowest BCUT2D eigenvalue weighted by molar-refractivity contribution is -0.143. The number of fused-ring (bicyclic) bond motifs is 2.